The first-order valence-corrected chi connectivity index (χ1v) is 8.51. The SMILES string of the molecule is CCC1(CNC2CCCc3sccc32)CCCC1. The number of hydrogen-bond acceptors (Lipinski definition) is 2. The lowest BCUT2D eigenvalue weighted by Crippen LogP contribution is -2.35. The van der Waals surface area contributed by atoms with Gasteiger partial charge in [0, 0.05) is 17.5 Å². The molecule has 0 aliphatic heterocycles. The highest BCUT2D eigenvalue weighted by molar-refractivity contribution is 7.10. The molecule has 3 rings (SSSR count). The summed E-state index contributed by atoms with van der Waals surface area (Å²) < 4.78 is 0. The van der Waals surface area contributed by atoms with Crippen LogP contribution >= 0.6 is 11.3 Å². The minimum atomic E-state index is 0.619. The molecule has 1 aromatic heterocycles. The minimum Gasteiger partial charge on any atom is -0.309 e. The maximum absolute atomic E-state index is 3.90. The lowest BCUT2D eigenvalue weighted by Gasteiger charge is -2.32. The van der Waals surface area contributed by atoms with Crippen LogP contribution in [0.3, 0.4) is 0 Å². The van der Waals surface area contributed by atoms with Gasteiger partial charge in [0.2, 0.25) is 0 Å². The van der Waals surface area contributed by atoms with Crippen molar-refractivity contribution >= 4 is 11.3 Å². The molecule has 2 aliphatic carbocycles. The minimum absolute atomic E-state index is 0.619. The molecular formula is C16H25NS. The van der Waals surface area contributed by atoms with E-state index in [0.29, 0.717) is 11.5 Å². The van der Waals surface area contributed by atoms with Crippen LogP contribution in [0.15, 0.2) is 11.4 Å². The molecule has 2 aliphatic rings. The van der Waals surface area contributed by atoms with Gasteiger partial charge in [0.05, 0.1) is 0 Å². The molecule has 1 heterocycles. The summed E-state index contributed by atoms with van der Waals surface area (Å²) in [6.45, 7) is 3.62. The van der Waals surface area contributed by atoms with Crippen molar-refractivity contribution in [3.8, 4) is 0 Å². The summed E-state index contributed by atoms with van der Waals surface area (Å²) in [5.41, 5.74) is 2.23. The fourth-order valence-corrected chi connectivity index (χ4v) is 4.81. The Labute approximate surface area is 115 Å². The highest BCUT2D eigenvalue weighted by Crippen LogP contribution is 2.41. The van der Waals surface area contributed by atoms with Crippen LogP contribution in [0, 0.1) is 5.41 Å². The molecule has 2 heteroatoms. The summed E-state index contributed by atoms with van der Waals surface area (Å²) >= 11 is 1.95. The summed E-state index contributed by atoms with van der Waals surface area (Å²) in [6, 6.07) is 2.99. The zero-order valence-corrected chi connectivity index (χ0v) is 12.3. The number of rotatable bonds is 4. The second kappa shape index (κ2) is 5.34. The first-order chi connectivity index (χ1) is 8.83. The molecule has 1 fully saturated rings. The monoisotopic (exact) mass is 263 g/mol. The van der Waals surface area contributed by atoms with Crippen molar-refractivity contribution in [3.05, 3.63) is 21.9 Å². The van der Waals surface area contributed by atoms with E-state index in [9.17, 15) is 0 Å². The topological polar surface area (TPSA) is 12.0 Å². The number of thiophene rings is 1. The van der Waals surface area contributed by atoms with Gasteiger partial charge in [-0.15, -0.1) is 11.3 Å². The second-order valence-electron chi connectivity index (χ2n) is 6.19. The zero-order chi connectivity index (χ0) is 12.4. The molecule has 1 nitrogen and oxygen atoms in total. The molecule has 0 spiro atoms. The highest BCUT2D eigenvalue weighted by atomic mass is 32.1. The largest absolute Gasteiger partial charge is 0.309 e. The molecule has 0 aromatic carbocycles. The van der Waals surface area contributed by atoms with E-state index < -0.39 is 0 Å². The highest BCUT2D eigenvalue weighted by Gasteiger charge is 2.33. The summed E-state index contributed by atoms with van der Waals surface area (Å²) in [5, 5.41) is 6.18. The molecule has 0 radical (unpaired) electrons. The van der Waals surface area contributed by atoms with Gasteiger partial charge in [0.1, 0.15) is 0 Å². The Morgan fingerprint density at radius 1 is 1.33 bits per heavy atom. The van der Waals surface area contributed by atoms with Gasteiger partial charge in [-0.25, -0.2) is 0 Å². The van der Waals surface area contributed by atoms with Gasteiger partial charge in [-0.05, 0) is 60.9 Å². The van der Waals surface area contributed by atoms with Gasteiger partial charge >= 0.3 is 0 Å². The van der Waals surface area contributed by atoms with E-state index in [4.69, 9.17) is 0 Å². The van der Waals surface area contributed by atoms with E-state index in [1.807, 2.05) is 11.3 Å². The predicted molar refractivity (Wildman–Crippen MR) is 79.2 cm³/mol. The van der Waals surface area contributed by atoms with E-state index >= 15 is 0 Å². The van der Waals surface area contributed by atoms with Crippen LogP contribution in [0.4, 0.5) is 0 Å². The average molecular weight is 263 g/mol. The van der Waals surface area contributed by atoms with Crippen LogP contribution in [0.1, 0.15) is 68.4 Å². The van der Waals surface area contributed by atoms with E-state index in [2.05, 4.69) is 23.7 Å². The van der Waals surface area contributed by atoms with Gasteiger partial charge in [0.15, 0.2) is 0 Å². The number of hydrogen-bond donors (Lipinski definition) is 1. The third-order valence-electron chi connectivity index (χ3n) is 5.19. The summed E-state index contributed by atoms with van der Waals surface area (Å²) in [7, 11) is 0. The molecule has 0 bridgehead atoms. The molecular weight excluding hydrogens is 238 g/mol. The Morgan fingerprint density at radius 3 is 2.94 bits per heavy atom. The molecule has 100 valence electrons. The van der Waals surface area contributed by atoms with Gasteiger partial charge in [-0.3, -0.25) is 0 Å². The van der Waals surface area contributed by atoms with Crippen LogP contribution in [0.5, 0.6) is 0 Å². The number of fused-ring (bicyclic) bond motifs is 1. The lowest BCUT2D eigenvalue weighted by atomic mass is 9.82. The first kappa shape index (κ1) is 12.7. The maximum atomic E-state index is 3.90. The van der Waals surface area contributed by atoms with Gasteiger partial charge in [0.25, 0.3) is 0 Å². The van der Waals surface area contributed by atoms with Crippen LogP contribution < -0.4 is 5.32 Å². The normalized spacial score (nSPS) is 26.2. The van der Waals surface area contributed by atoms with Crippen molar-refractivity contribution in [2.45, 2.75) is 64.3 Å². The molecule has 1 N–H and O–H groups in total. The molecule has 1 saturated carbocycles. The number of nitrogens with one attached hydrogen (secondary N) is 1. The van der Waals surface area contributed by atoms with Crippen molar-refractivity contribution in [3.63, 3.8) is 0 Å². The third kappa shape index (κ3) is 2.37. The Morgan fingerprint density at radius 2 is 2.17 bits per heavy atom. The van der Waals surface area contributed by atoms with E-state index in [-0.39, 0.29) is 0 Å². The Hall–Kier alpha value is -0.340. The third-order valence-corrected chi connectivity index (χ3v) is 6.19. The molecule has 18 heavy (non-hydrogen) atoms. The average Bonchev–Trinajstić information content (AvgIpc) is 3.06. The van der Waals surface area contributed by atoms with Gasteiger partial charge in [-0.2, -0.15) is 0 Å². The van der Waals surface area contributed by atoms with Crippen molar-refractivity contribution < 1.29 is 0 Å². The standard InChI is InChI=1S/C16H25NS/c1-2-16(9-3-4-10-16)12-17-14-6-5-7-15-13(14)8-11-18-15/h8,11,14,17H,2-7,9-10,12H2,1H3. The van der Waals surface area contributed by atoms with E-state index in [1.54, 1.807) is 10.4 Å². The predicted octanol–water partition coefficient (Wildman–Crippen LogP) is 4.69. The van der Waals surface area contributed by atoms with Crippen molar-refractivity contribution in [2.24, 2.45) is 5.41 Å². The maximum Gasteiger partial charge on any atom is 0.0331 e. The molecule has 1 atom stereocenters. The van der Waals surface area contributed by atoms with Gasteiger partial charge in [-0.1, -0.05) is 19.8 Å². The molecule has 0 saturated heterocycles. The Balaban J connectivity index is 1.64. The van der Waals surface area contributed by atoms with Crippen LogP contribution in [0.25, 0.3) is 0 Å². The molecule has 1 unspecified atom stereocenters. The smallest absolute Gasteiger partial charge is 0.0331 e. The first-order valence-electron chi connectivity index (χ1n) is 7.63. The summed E-state index contributed by atoms with van der Waals surface area (Å²) in [5.74, 6) is 0. The van der Waals surface area contributed by atoms with Crippen LogP contribution in [-0.4, -0.2) is 6.54 Å². The summed E-state index contributed by atoms with van der Waals surface area (Å²) in [4.78, 5) is 1.63. The Kier molecular flexibility index (Phi) is 3.76. The quantitative estimate of drug-likeness (QED) is 0.831. The van der Waals surface area contributed by atoms with Crippen molar-refractivity contribution in [1.82, 2.24) is 5.32 Å². The van der Waals surface area contributed by atoms with Crippen molar-refractivity contribution in [1.29, 1.82) is 0 Å². The van der Waals surface area contributed by atoms with Crippen LogP contribution in [-0.2, 0) is 6.42 Å². The number of aryl methyl sites for hydroxylation is 1. The van der Waals surface area contributed by atoms with Crippen molar-refractivity contribution in [2.75, 3.05) is 6.54 Å². The van der Waals surface area contributed by atoms with E-state index in [0.717, 1.165) is 0 Å². The van der Waals surface area contributed by atoms with Gasteiger partial charge < -0.3 is 5.32 Å². The zero-order valence-electron chi connectivity index (χ0n) is 11.5. The molecule has 1 aromatic rings. The summed E-state index contributed by atoms with van der Waals surface area (Å²) in [6.07, 6.45) is 11.1. The fraction of sp³-hybridized carbons (Fsp3) is 0.750. The Bertz CT molecular complexity index is 390. The van der Waals surface area contributed by atoms with Crippen LogP contribution in [0.2, 0.25) is 0 Å². The van der Waals surface area contributed by atoms with E-state index in [1.165, 1.54) is 57.9 Å². The lowest BCUT2D eigenvalue weighted by molar-refractivity contribution is 0.250. The molecule has 0 amide bonds. The second-order valence-corrected chi connectivity index (χ2v) is 7.19. The fourth-order valence-electron chi connectivity index (χ4n) is 3.82.